The SMILES string of the molecule is CC#CCCC(NC)C1CN(C)CCCN1C. The van der Waals surface area contributed by atoms with Gasteiger partial charge in [0.15, 0.2) is 0 Å². The van der Waals surface area contributed by atoms with Crippen molar-refractivity contribution in [2.45, 2.75) is 38.3 Å². The highest BCUT2D eigenvalue weighted by Gasteiger charge is 2.26. The highest BCUT2D eigenvalue weighted by atomic mass is 15.2. The molecule has 0 spiro atoms. The van der Waals surface area contributed by atoms with Crippen LogP contribution in [0.25, 0.3) is 0 Å². The Balaban J connectivity index is 2.58. The summed E-state index contributed by atoms with van der Waals surface area (Å²) >= 11 is 0. The molecule has 1 aliphatic rings. The van der Waals surface area contributed by atoms with E-state index in [4.69, 9.17) is 0 Å². The molecule has 0 bridgehead atoms. The van der Waals surface area contributed by atoms with Gasteiger partial charge in [-0.05, 0) is 54.0 Å². The molecule has 0 radical (unpaired) electrons. The minimum absolute atomic E-state index is 0.543. The largest absolute Gasteiger partial charge is 0.315 e. The van der Waals surface area contributed by atoms with Gasteiger partial charge in [0.1, 0.15) is 0 Å². The van der Waals surface area contributed by atoms with Gasteiger partial charge >= 0.3 is 0 Å². The number of rotatable bonds is 4. The highest BCUT2D eigenvalue weighted by molar-refractivity contribution is 4.97. The van der Waals surface area contributed by atoms with Crippen LogP contribution in [0.3, 0.4) is 0 Å². The summed E-state index contributed by atoms with van der Waals surface area (Å²) in [5.74, 6) is 6.15. The lowest BCUT2D eigenvalue weighted by molar-refractivity contribution is 0.177. The Bertz CT molecular complexity index is 266. The maximum Gasteiger partial charge on any atom is 0.0373 e. The number of nitrogens with one attached hydrogen (secondary N) is 1. The molecule has 1 aliphatic heterocycles. The minimum atomic E-state index is 0.543. The first-order valence-corrected chi connectivity index (χ1v) is 6.64. The molecule has 0 amide bonds. The average Bonchev–Trinajstić information content (AvgIpc) is 2.47. The molecule has 1 fully saturated rings. The van der Waals surface area contributed by atoms with Crippen LogP contribution in [0.1, 0.15) is 26.2 Å². The van der Waals surface area contributed by atoms with E-state index in [2.05, 4.69) is 48.1 Å². The topological polar surface area (TPSA) is 18.5 Å². The summed E-state index contributed by atoms with van der Waals surface area (Å²) in [5.41, 5.74) is 0. The minimum Gasteiger partial charge on any atom is -0.315 e. The average molecular weight is 237 g/mol. The van der Waals surface area contributed by atoms with Crippen molar-refractivity contribution < 1.29 is 0 Å². The molecule has 17 heavy (non-hydrogen) atoms. The predicted octanol–water partition coefficient (Wildman–Crippen LogP) is 1.01. The number of nitrogens with zero attached hydrogens (tertiary/aromatic N) is 2. The molecular formula is C14H27N3. The fourth-order valence-corrected chi connectivity index (χ4v) is 2.62. The quantitative estimate of drug-likeness (QED) is 0.736. The van der Waals surface area contributed by atoms with Crippen LogP contribution < -0.4 is 5.32 Å². The molecule has 1 heterocycles. The third-order valence-electron chi connectivity index (χ3n) is 3.71. The van der Waals surface area contributed by atoms with E-state index in [1.807, 2.05) is 6.92 Å². The molecular weight excluding hydrogens is 210 g/mol. The van der Waals surface area contributed by atoms with E-state index in [0.29, 0.717) is 12.1 Å². The zero-order valence-electron chi connectivity index (χ0n) is 11.8. The Kier molecular flexibility index (Phi) is 6.57. The highest BCUT2D eigenvalue weighted by Crippen LogP contribution is 2.13. The Hall–Kier alpha value is -0.560. The second kappa shape index (κ2) is 7.71. The van der Waals surface area contributed by atoms with Crippen LogP contribution in [0.2, 0.25) is 0 Å². The molecule has 0 saturated carbocycles. The Morgan fingerprint density at radius 3 is 2.76 bits per heavy atom. The fraction of sp³-hybridized carbons (Fsp3) is 0.857. The summed E-state index contributed by atoms with van der Waals surface area (Å²) in [6.45, 7) is 5.49. The van der Waals surface area contributed by atoms with Gasteiger partial charge in [-0.1, -0.05) is 0 Å². The van der Waals surface area contributed by atoms with E-state index in [1.165, 1.54) is 19.5 Å². The molecule has 0 aromatic rings. The second-order valence-electron chi connectivity index (χ2n) is 5.02. The fourth-order valence-electron chi connectivity index (χ4n) is 2.62. The van der Waals surface area contributed by atoms with E-state index in [0.717, 1.165) is 19.4 Å². The third-order valence-corrected chi connectivity index (χ3v) is 3.71. The molecule has 3 heteroatoms. The van der Waals surface area contributed by atoms with E-state index in [1.54, 1.807) is 0 Å². The van der Waals surface area contributed by atoms with Crippen LogP contribution in [-0.4, -0.2) is 62.7 Å². The van der Waals surface area contributed by atoms with Crippen LogP contribution in [0, 0.1) is 11.8 Å². The Labute approximate surface area is 107 Å². The Morgan fingerprint density at radius 2 is 2.12 bits per heavy atom. The van der Waals surface area contributed by atoms with E-state index in [-0.39, 0.29) is 0 Å². The zero-order valence-corrected chi connectivity index (χ0v) is 11.8. The van der Waals surface area contributed by atoms with Gasteiger partial charge < -0.3 is 15.1 Å². The van der Waals surface area contributed by atoms with Crippen molar-refractivity contribution in [2.75, 3.05) is 40.8 Å². The molecule has 1 N–H and O–H groups in total. The van der Waals surface area contributed by atoms with E-state index < -0.39 is 0 Å². The molecule has 0 aliphatic carbocycles. The van der Waals surface area contributed by atoms with Crippen LogP contribution in [0.15, 0.2) is 0 Å². The van der Waals surface area contributed by atoms with Crippen molar-refractivity contribution in [3.05, 3.63) is 0 Å². The maximum absolute atomic E-state index is 3.47. The lowest BCUT2D eigenvalue weighted by Gasteiger charge is -2.34. The monoisotopic (exact) mass is 237 g/mol. The van der Waals surface area contributed by atoms with Crippen LogP contribution in [0.5, 0.6) is 0 Å². The van der Waals surface area contributed by atoms with E-state index in [9.17, 15) is 0 Å². The summed E-state index contributed by atoms with van der Waals surface area (Å²) in [6.07, 6.45) is 3.41. The molecule has 0 aromatic carbocycles. The normalized spacial score (nSPS) is 24.8. The summed E-state index contributed by atoms with van der Waals surface area (Å²) in [4.78, 5) is 4.95. The number of hydrogen-bond donors (Lipinski definition) is 1. The summed E-state index contributed by atoms with van der Waals surface area (Å²) in [5, 5.41) is 3.47. The van der Waals surface area contributed by atoms with Gasteiger partial charge in [0, 0.05) is 25.0 Å². The smallest absolute Gasteiger partial charge is 0.0373 e. The first-order chi connectivity index (χ1) is 8.19. The molecule has 3 nitrogen and oxygen atoms in total. The zero-order chi connectivity index (χ0) is 12.7. The van der Waals surface area contributed by atoms with Crippen molar-refractivity contribution in [3.8, 4) is 11.8 Å². The lowest BCUT2D eigenvalue weighted by Crippen LogP contribution is -2.51. The van der Waals surface area contributed by atoms with Crippen LogP contribution in [0.4, 0.5) is 0 Å². The van der Waals surface area contributed by atoms with Gasteiger partial charge in [-0.2, -0.15) is 0 Å². The third kappa shape index (κ3) is 4.67. The molecule has 2 unspecified atom stereocenters. The molecule has 1 saturated heterocycles. The standard InChI is InChI=1S/C14H27N3/c1-5-6-7-9-13(15-2)14-12-16(3)10-8-11-17(14)4/h13-15H,7-12H2,1-4H3. The van der Waals surface area contributed by atoms with Crippen molar-refractivity contribution in [1.29, 1.82) is 0 Å². The van der Waals surface area contributed by atoms with Crippen LogP contribution in [-0.2, 0) is 0 Å². The Morgan fingerprint density at radius 1 is 1.35 bits per heavy atom. The van der Waals surface area contributed by atoms with Gasteiger partial charge in [0.2, 0.25) is 0 Å². The molecule has 2 atom stereocenters. The summed E-state index contributed by atoms with van der Waals surface area (Å²) in [7, 11) is 6.55. The van der Waals surface area contributed by atoms with Crippen LogP contribution >= 0.6 is 0 Å². The molecule has 0 aromatic heterocycles. The maximum atomic E-state index is 3.47. The first kappa shape index (κ1) is 14.5. The van der Waals surface area contributed by atoms with Crippen molar-refractivity contribution in [1.82, 2.24) is 15.1 Å². The van der Waals surface area contributed by atoms with Crippen molar-refractivity contribution >= 4 is 0 Å². The van der Waals surface area contributed by atoms with Gasteiger partial charge in [-0.15, -0.1) is 11.8 Å². The van der Waals surface area contributed by atoms with Gasteiger partial charge in [-0.25, -0.2) is 0 Å². The van der Waals surface area contributed by atoms with Gasteiger partial charge in [0.25, 0.3) is 0 Å². The second-order valence-corrected chi connectivity index (χ2v) is 5.02. The van der Waals surface area contributed by atoms with E-state index >= 15 is 0 Å². The first-order valence-electron chi connectivity index (χ1n) is 6.64. The summed E-state index contributed by atoms with van der Waals surface area (Å²) < 4.78 is 0. The number of hydrogen-bond acceptors (Lipinski definition) is 3. The predicted molar refractivity (Wildman–Crippen MR) is 74.1 cm³/mol. The molecule has 98 valence electrons. The van der Waals surface area contributed by atoms with Gasteiger partial charge in [0.05, 0.1) is 0 Å². The van der Waals surface area contributed by atoms with Crippen molar-refractivity contribution in [2.24, 2.45) is 0 Å². The number of likely N-dealkylation sites (N-methyl/N-ethyl adjacent to an activating group) is 3. The summed E-state index contributed by atoms with van der Waals surface area (Å²) in [6, 6.07) is 1.15. The van der Waals surface area contributed by atoms with Gasteiger partial charge in [-0.3, -0.25) is 0 Å². The lowest BCUT2D eigenvalue weighted by atomic mass is 10.0. The molecule has 1 rings (SSSR count). The van der Waals surface area contributed by atoms with Crippen molar-refractivity contribution in [3.63, 3.8) is 0 Å².